The van der Waals surface area contributed by atoms with Crippen LogP contribution in [0.3, 0.4) is 0 Å². The first-order valence-corrected chi connectivity index (χ1v) is 9.24. The van der Waals surface area contributed by atoms with Crippen molar-refractivity contribution < 1.29 is 9.18 Å². The lowest BCUT2D eigenvalue weighted by Crippen LogP contribution is -2.35. The molecule has 3 rings (SSSR count). The van der Waals surface area contributed by atoms with E-state index in [9.17, 15) is 9.18 Å². The number of carbonyl (C=O) groups excluding carboxylic acids is 1. The Balaban J connectivity index is 1.81. The van der Waals surface area contributed by atoms with Crippen LogP contribution in [0.15, 0.2) is 55.0 Å². The number of hydrogen-bond acceptors (Lipinski definition) is 4. The van der Waals surface area contributed by atoms with Crippen LogP contribution in [0.1, 0.15) is 49.3 Å². The summed E-state index contributed by atoms with van der Waals surface area (Å²) in [6.07, 6.45) is 3.64. The van der Waals surface area contributed by atoms with Gasteiger partial charge in [0.1, 0.15) is 12.1 Å². The van der Waals surface area contributed by atoms with Gasteiger partial charge in [0, 0.05) is 19.7 Å². The van der Waals surface area contributed by atoms with Gasteiger partial charge in [-0.3, -0.25) is 9.78 Å². The fraction of sp³-hybridized carbons (Fsp3) is 0.333. The highest BCUT2D eigenvalue weighted by Gasteiger charge is 2.26. The second kappa shape index (κ2) is 8.73. The highest BCUT2D eigenvalue weighted by atomic mass is 19.1. The highest BCUT2D eigenvalue weighted by molar-refractivity contribution is 5.77. The van der Waals surface area contributed by atoms with Gasteiger partial charge in [0.2, 0.25) is 5.91 Å². The van der Waals surface area contributed by atoms with E-state index in [1.54, 1.807) is 29.6 Å². The van der Waals surface area contributed by atoms with Crippen molar-refractivity contribution in [3.05, 3.63) is 77.9 Å². The molecule has 7 heteroatoms. The molecule has 28 heavy (non-hydrogen) atoms. The lowest BCUT2D eigenvalue weighted by atomic mass is 9.96. The highest BCUT2D eigenvalue weighted by Crippen LogP contribution is 2.25. The van der Waals surface area contributed by atoms with E-state index in [0.717, 1.165) is 11.3 Å². The first-order valence-electron chi connectivity index (χ1n) is 9.24. The van der Waals surface area contributed by atoms with Gasteiger partial charge < -0.3 is 9.47 Å². The van der Waals surface area contributed by atoms with Gasteiger partial charge in [0.05, 0.1) is 18.3 Å². The minimum absolute atomic E-state index is 0.0158. The zero-order valence-electron chi connectivity index (χ0n) is 16.3. The SMILES string of the molecule is CC(CC(=O)N(Cc1ccccn1)[C@H](C)c1nncn1C)c1ccc(F)cc1. The number of aryl methyl sites for hydroxylation is 1. The third-order valence-corrected chi connectivity index (χ3v) is 4.89. The van der Waals surface area contributed by atoms with E-state index in [0.29, 0.717) is 18.8 Å². The third kappa shape index (κ3) is 4.60. The fourth-order valence-electron chi connectivity index (χ4n) is 3.21. The zero-order valence-corrected chi connectivity index (χ0v) is 16.3. The number of aromatic nitrogens is 4. The van der Waals surface area contributed by atoms with E-state index in [1.807, 2.05) is 43.7 Å². The Hall–Kier alpha value is -3.09. The van der Waals surface area contributed by atoms with Crippen molar-refractivity contribution in [2.45, 2.75) is 38.8 Å². The summed E-state index contributed by atoms with van der Waals surface area (Å²) in [5.74, 6) is 0.373. The molecule has 0 aliphatic carbocycles. The molecule has 0 saturated carbocycles. The van der Waals surface area contributed by atoms with E-state index in [-0.39, 0.29) is 23.7 Å². The molecule has 2 atom stereocenters. The number of hydrogen-bond donors (Lipinski definition) is 0. The van der Waals surface area contributed by atoms with Crippen molar-refractivity contribution in [2.75, 3.05) is 0 Å². The number of carbonyl (C=O) groups is 1. The molecule has 1 amide bonds. The molecule has 1 unspecified atom stereocenters. The van der Waals surface area contributed by atoms with E-state index in [4.69, 9.17) is 0 Å². The Labute approximate surface area is 164 Å². The average Bonchev–Trinajstić information content (AvgIpc) is 3.12. The molecule has 1 aromatic carbocycles. The van der Waals surface area contributed by atoms with Crippen LogP contribution < -0.4 is 0 Å². The average molecular weight is 381 g/mol. The quantitative estimate of drug-likeness (QED) is 0.627. The van der Waals surface area contributed by atoms with Gasteiger partial charge in [-0.05, 0) is 42.7 Å². The molecule has 0 aliphatic heterocycles. The van der Waals surface area contributed by atoms with Gasteiger partial charge in [-0.2, -0.15) is 0 Å². The van der Waals surface area contributed by atoms with Gasteiger partial charge in [-0.1, -0.05) is 25.1 Å². The summed E-state index contributed by atoms with van der Waals surface area (Å²) in [7, 11) is 1.86. The van der Waals surface area contributed by atoms with Crippen LogP contribution in [0.2, 0.25) is 0 Å². The largest absolute Gasteiger partial charge is 0.327 e. The van der Waals surface area contributed by atoms with E-state index < -0.39 is 0 Å². The molecule has 0 fully saturated rings. The molecular formula is C21H24FN5O. The summed E-state index contributed by atoms with van der Waals surface area (Å²) in [6, 6.07) is 11.7. The third-order valence-electron chi connectivity index (χ3n) is 4.89. The van der Waals surface area contributed by atoms with Crippen molar-refractivity contribution in [1.29, 1.82) is 0 Å². The minimum atomic E-state index is -0.282. The number of benzene rings is 1. The maximum absolute atomic E-state index is 13.2. The Bertz CT molecular complexity index is 910. The predicted octanol–water partition coefficient (Wildman–Crippen LogP) is 3.63. The van der Waals surface area contributed by atoms with Gasteiger partial charge in [-0.15, -0.1) is 10.2 Å². The number of nitrogens with zero attached hydrogens (tertiary/aromatic N) is 5. The van der Waals surface area contributed by atoms with Crippen LogP contribution in [-0.4, -0.2) is 30.6 Å². The van der Waals surface area contributed by atoms with Gasteiger partial charge in [0.15, 0.2) is 5.82 Å². The molecule has 6 nitrogen and oxygen atoms in total. The molecule has 146 valence electrons. The van der Waals surface area contributed by atoms with E-state index in [1.165, 1.54) is 12.1 Å². The lowest BCUT2D eigenvalue weighted by Gasteiger charge is -2.29. The number of amides is 1. The monoisotopic (exact) mass is 381 g/mol. The van der Waals surface area contributed by atoms with Crippen LogP contribution in [0.5, 0.6) is 0 Å². The minimum Gasteiger partial charge on any atom is -0.327 e. The Morgan fingerprint density at radius 3 is 2.54 bits per heavy atom. The standard InChI is InChI=1S/C21H24FN5O/c1-15(17-7-9-18(22)10-8-17)12-20(28)27(13-19-6-4-5-11-23-19)16(2)21-25-24-14-26(21)3/h4-11,14-16H,12-13H2,1-3H3/t15?,16-/m1/s1. The number of halogens is 1. The molecule has 3 aromatic rings. The molecule has 0 radical (unpaired) electrons. The van der Waals surface area contributed by atoms with Crippen LogP contribution >= 0.6 is 0 Å². The molecule has 0 saturated heterocycles. The molecule has 0 spiro atoms. The Kier molecular flexibility index (Phi) is 6.13. The molecular weight excluding hydrogens is 357 g/mol. The first kappa shape index (κ1) is 19.7. The summed E-state index contributed by atoms with van der Waals surface area (Å²) in [5, 5.41) is 8.10. The topological polar surface area (TPSA) is 63.9 Å². The second-order valence-corrected chi connectivity index (χ2v) is 6.98. The summed E-state index contributed by atoms with van der Waals surface area (Å²) >= 11 is 0. The molecule has 2 aromatic heterocycles. The number of rotatable bonds is 7. The zero-order chi connectivity index (χ0) is 20.1. The van der Waals surface area contributed by atoms with Crippen molar-refractivity contribution in [3.63, 3.8) is 0 Å². The summed E-state index contributed by atoms with van der Waals surface area (Å²) < 4.78 is 15.0. The number of pyridine rings is 1. The van der Waals surface area contributed by atoms with Crippen LogP contribution in [0.25, 0.3) is 0 Å². The summed E-state index contributed by atoms with van der Waals surface area (Å²) in [4.78, 5) is 19.3. The Morgan fingerprint density at radius 1 is 1.18 bits per heavy atom. The summed E-state index contributed by atoms with van der Waals surface area (Å²) in [5.41, 5.74) is 1.73. The molecule has 2 heterocycles. The van der Waals surface area contributed by atoms with Crippen LogP contribution in [-0.2, 0) is 18.4 Å². The molecule has 0 aliphatic rings. The van der Waals surface area contributed by atoms with Crippen molar-refractivity contribution >= 4 is 5.91 Å². The smallest absolute Gasteiger partial charge is 0.224 e. The normalized spacial score (nSPS) is 13.1. The van der Waals surface area contributed by atoms with E-state index >= 15 is 0 Å². The maximum atomic E-state index is 13.2. The molecule has 0 N–H and O–H groups in total. The van der Waals surface area contributed by atoms with E-state index in [2.05, 4.69) is 15.2 Å². The predicted molar refractivity (Wildman–Crippen MR) is 104 cm³/mol. The van der Waals surface area contributed by atoms with Crippen LogP contribution in [0, 0.1) is 5.82 Å². The van der Waals surface area contributed by atoms with Crippen molar-refractivity contribution in [3.8, 4) is 0 Å². The summed E-state index contributed by atoms with van der Waals surface area (Å²) in [6.45, 7) is 4.29. The Morgan fingerprint density at radius 2 is 1.93 bits per heavy atom. The fourth-order valence-corrected chi connectivity index (χ4v) is 3.21. The van der Waals surface area contributed by atoms with Crippen LogP contribution in [0.4, 0.5) is 4.39 Å². The van der Waals surface area contributed by atoms with Crippen molar-refractivity contribution in [2.24, 2.45) is 7.05 Å². The van der Waals surface area contributed by atoms with Gasteiger partial charge >= 0.3 is 0 Å². The first-order chi connectivity index (χ1) is 13.5. The second-order valence-electron chi connectivity index (χ2n) is 6.98. The molecule has 0 bridgehead atoms. The maximum Gasteiger partial charge on any atom is 0.224 e. The lowest BCUT2D eigenvalue weighted by molar-refractivity contribution is -0.134. The van der Waals surface area contributed by atoms with Gasteiger partial charge in [0.25, 0.3) is 0 Å². The van der Waals surface area contributed by atoms with Gasteiger partial charge in [-0.25, -0.2) is 4.39 Å². The van der Waals surface area contributed by atoms with Crippen molar-refractivity contribution in [1.82, 2.24) is 24.6 Å².